The highest BCUT2D eigenvalue weighted by atomic mass is 19.1. The molecule has 1 aromatic rings. The first-order valence-corrected chi connectivity index (χ1v) is 3.88. The minimum absolute atomic E-state index is 0.0751. The predicted molar refractivity (Wildman–Crippen MR) is 45.3 cm³/mol. The van der Waals surface area contributed by atoms with Crippen LogP contribution in [0.2, 0.25) is 0 Å². The number of phenols is 1. The fourth-order valence-corrected chi connectivity index (χ4v) is 1.05. The minimum atomic E-state index is -0.450. The zero-order valence-electron chi connectivity index (χ0n) is 6.92. The molecule has 0 unspecified atom stereocenters. The molecule has 0 aliphatic carbocycles. The van der Waals surface area contributed by atoms with Crippen molar-refractivity contribution < 1.29 is 9.50 Å². The molecule has 2 nitrogen and oxygen atoms in total. The van der Waals surface area contributed by atoms with E-state index in [1.807, 2.05) is 6.92 Å². The summed E-state index contributed by atoms with van der Waals surface area (Å²) in [6.45, 7) is 1.91. The van der Waals surface area contributed by atoms with Gasteiger partial charge in [0.1, 0.15) is 11.6 Å². The first kappa shape index (κ1) is 9.00. The predicted octanol–water partition coefficient (Wildman–Crippen LogP) is 1.94. The van der Waals surface area contributed by atoms with Crippen LogP contribution in [0.3, 0.4) is 0 Å². The van der Waals surface area contributed by atoms with Crippen molar-refractivity contribution in [1.82, 2.24) is 0 Å². The van der Waals surface area contributed by atoms with E-state index in [9.17, 15) is 4.39 Å². The second kappa shape index (κ2) is 3.54. The third-order valence-electron chi connectivity index (χ3n) is 1.77. The second-order valence-electron chi connectivity index (χ2n) is 2.76. The zero-order chi connectivity index (χ0) is 9.14. The number of rotatable bonds is 2. The largest absolute Gasteiger partial charge is 0.508 e. The van der Waals surface area contributed by atoms with Crippen LogP contribution in [0.25, 0.3) is 0 Å². The first-order chi connectivity index (χ1) is 5.63. The lowest BCUT2D eigenvalue weighted by Gasteiger charge is -2.08. The summed E-state index contributed by atoms with van der Waals surface area (Å²) >= 11 is 0. The topological polar surface area (TPSA) is 46.2 Å². The molecule has 3 N–H and O–H groups in total. The molecule has 0 saturated carbocycles. The van der Waals surface area contributed by atoms with E-state index in [1.54, 1.807) is 0 Å². The molecule has 0 aromatic heterocycles. The molecule has 66 valence electrons. The highest BCUT2D eigenvalue weighted by molar-refractivity contribution is 5.30. The van der Waals surface area contributed by atoms with Crippen LogP contribution in [-0.2, 0) is 0 Å². The van der Waals surface area contributed by atoms with Crippen molar-refractivity contribution in [2.75, 3.05) is 0 Å². The molecule has 0 saturated heterocycles. The van der Waals surface area contributed by atoms with E-state index in [-0.39, 0.29) is 11.8 Å². The Bertz CT molecular complexity index is 255. The van der Waals surface area contributed by atoms with Gasteiger partial charge < -0.3 is 10.8 Å². The first-order valence-electron chi connectivity index (χ1n) is 3.88. The van der Waals surface area contributed by atoms with Crippen molar-refractivity contribution in [3.63, 3.8) is 0 Å². The van der Waals surface area contributed by atoms with Crippen LogP contribution in [0, 0.1) is 5.82 Å². The molecular weight excluding hydrogens is 157 g/mol. The lowest BCUT2D eigenvalue weighted by atomic mass is 10.1. The van der Waals surface area contributed by atoms with Crippen molar-refractivity contribution in [3.05, 3.63) is 29.6 Å². The van der Waals surface area contributed by atoms with E-state index >= 15 is 0 Å². The van der Waals surface area contributed by atoms with E-state index in [0.29, 0.717) is 5.56 Å². The summed E-state index contributed by atoms with van der Waals surface area (Å²) in [5, 5.41) is 9.04. The van der Waals surface area contributed by atoms with Crippen LogP contribution in [-0.4, -0.2) is 5.11 Å². The van der Waals surface area contributed by atoms with Gasteiger partial charge in [-0.3, -0.25) is 0 Å². The Labute approximate surface area is 70.8 Å². The van der Waals surface area contributed by atoms with E-state index in [2.05, 4.69) is 0 Å². The molecular formula is C9H12FNO. The molecule has 0 heterocycles. The maximum atomic E-state index is 12.7. The summed E-state index contributed by atoms with van der Waals surface area (Å²) < 4.78 is 12.7. The molecule has 0 fully saturated rings. The second-order valence-corrected chi connectivity index (χ2v) is 2.76. The van der Waals surface area contributed by atoms with Crippen molar-refractivity contribution in [2.24, 2.45) is 5.73 Å². The van der Waals surface area contributed by atoms with Gasteiger partial charge in [0, 0.05) is 12.1 Å². The maximum absolute atomic E-state index is 12.7. The molecule has 1 aromatic carbocycles. The van der Waals surface area contributed by atoms with Gasteiger partial charge in [-0.15, -0.1) is 0 Å². The molecule has 0 bridgehead atoms. The van der Waals surface area contributed by atoms with Gasteiger partial charge in [-0.2, -0.15) is 0 Å². The van der Waals surface area contributed by atoms with Gasteiger partial charge in [-0.05, 0) is 24.1 Å². The van der Waals surface area contributed by atoms with Gasteiger partial charge >= 0.3 is 0 Å². The van der Waals surface area contributed by atoms with Crippen LogP contribution in [0.5, 0.6) is 5.75 Å². The van der Waals surface area contributed by atoms with Crippen LogP contribution in [0.15, 0.2) is 18.2 Å². The summed E-state index contributed by atoms with van der Waals surface area (Å²) in [5.74, 6) is -0.525. The SMILES string of the molecule is CC[C@@H](N)c1cc(O)cc(F)c1. The molecule has 12 heavy (non-hydrogen) atoms. The minimum Gasteiger partial charge on any atom is -0.508 e. The Morgan fingerprint density at radius 3 is 2.67 bits per heavy atom. The standard InChI is InChI=1S/C9H12FNO/c1-2-9(11)6-3-7(10)5-8(12)4-6/h3-5,9,12H,2,11H2,1H3/t9-/m1/s1. The van der Waals surface area contributed by atoms with Crippen molar-refractivity contribution >= 4 is 0 Å². The monoisotopic (exact) mass is 169 g/mol. The van der Waals surface area contributed by atoms with Gasteiger partial charge in [-0.1, -0.05) is 6.92 Å². The number of nitrogens with two attached hydrogens (primary N) is 1. The molecule has 0 amide bonds. The van der Waals surface area contributed by atoms with Gasteiger partial charge in [0.15, 0.2) is 0 Å². The highest BCUT2D eigenvalue weighted by Crippen LogP contribution is 2.20. The third kappa shape index (κ3) is 1.95. The quantitative estimate of drug-likeness (QED) is 0.710. The van der Waals surface area contributed by atoms with Crippen molar-refractivity contribution in [2.45, 2.75) is 19.4 Å². The Hall–Kier alpha value is -1.09. The fourth-order valence-electron chi connectivity index (χ4n) is 1.05. The van der Waals surface area contributed by atoms with Gasteiger partial charge in [0.05, 0.1) is 0 Å². The molecule has 0 aliphatic rings. The van der Waals surface area contributed by atoms with Gasteiger partial charge in [0.2, 0.25) is 0 Å². The average molecular weight is 169 g/mol. The molecule has 1 atom stereocenters. The number of hydrogen-bond acceptors (Lipinski definition) is 2. The molecule has 0 spiro atoms. The lowest BCUT2D eigenvalue weighted by molar-refractivity contribution is 0.466. The summed E-state index contributed by atoms with van der Waals surface area (Å²) in [7, 11) is 0. The fraction of sp³-hybridized carbons (Fsp3) is 0.333. The molecule has 1 rings (SSSR count). The van der Waals surface area contributed by atoms with Gasteiger partial charge in [-0.25, -0.2) is 4.39 Å². The summed E-state index contributed by atoms with van der Waals surface area (Å²) in [4.78, 5) is 0. The van der Waals surface area contributed by atoms with Crippen LogP contribution in [0.1, 0.15) is 24.9 Å². The summed E-state index contributed by atoms with van der Waals surface area (Å²) in [6, 6.07) is 3.68. The Morgan fingerprint density at radius 1 is 1.50 bits per heavy atom. The molecule has 0 radical (unpaired) electrons. The normalized spacial score (nSPS) is 12.9. The highest BCUT2D eigenvalue weighted by Gasteiger charge is 2.05. The molecule has 0 aliphatic heterocycles. The van der Waals surface area contributed by atoms with Crippen molar-refractivity contribution in [3.8, 4) is 5.75 Å². The Balaban J connectivity index is 3.00. The number of aromatic hydroxyl groups is 1. The van der Waals surface area contributed by atoms with E-state index in [4.69, 9.17) is 10.8 Å². The van der Waals surface area contributed by atoms with Crippen LogP contribution < -0.4 is 5.73 Å². The smallest absolute Gasteiger partial charge is 0.127 e. The van der Waals surface area contributed by atoms with E-state index < -0.39 is 5.82 Å². The number of benzene rings is 1. The van der Waals surface area contributed by atoms with Gasteiger partial charge in [0.25, 0.3) is 0 Å². The number of phenolic OH excluding ortho intramolecular Hbond substituents is 1. The Kier molecular flexibility index (Phi) is 2.65. The number of halogens is 1. The third-order valence-corrected chi connectivity index (χ3v) is 1.77. The lowest BCUT2D eigenvalue weighted by Crippen LogP contribution is -2.08. The van der Waals surface area contributed by atoms with E-state index in [1.165, 1.54) is 12.1 Å². The average Bonchev–Trinajstić information content (AvgIpc) is 2.01. The maximum Gasteiger partial charge on any atom is 0.127 e. The molecule has 3 heteroatoms. The summed E-state index contributed by atoms with van der Waals surface area (Å²) in [6.07, 6.45) is 0.725. The Morgan fingerprint density at radius 2 is 2.17 bits per heavy atom. The van der Waals surface area contributed by atoms with Crippen molar-refractivity contribution in [1.29, 1.82) is 0 Å². The zero-order valence-corrected chi connectivity index (χ0v) is 6.92. The summed E-state index contributed by atoms with van der Waals surface area (Å²) in [5.41, 5.74) is 6.29. The van der Waals surface area contributed by atoms with Crippen LogP contribution >= 0.6 is 0 Å². The van der Waals surface area contributed by atoms with E-state index in [0.717, 1.165) is 12.5 Å². The number of hydrogen-bond donors (Lipinski definition) is 2. The van der Waals surface area contributed by atoms with Crippen LogP contribution in [0.4, 0.5) is 4.39 Å².